The molecule has 0 saturated heterocycles. The van der Waals surface area contributed by atoms with Crippen LogP contribution in [0, 0.1) is 20.8 Å². The lowest BCUT2D eigenvalue weighted by molar-refractivity contribution is 0.0216. The summed E-state index contributed by atoms with van der Waals surface area (Å²) in [6.07, 6.45) is 6.56. The number of rotatable bonds is 7. The minimum Gasteiger partial charge on any atom is -0.458 e. The van der Waals surface area contributed by atoms with Crippen molar-refractivity contribution < 1.29 is 17.9 Å². The average molecular weight is 553 g/mol. The van der Waals surface area contributed by atoms with Gasteiger partial charge in [0, 0.05) is 17.1 Å². The summed E-state index contributed by atoms with van der Waals surface area (Å²) < 4.78 is 33.9. The van der Waals surface area contributed by atoms with Crippen molar-refractivity contribution in [2.75, 3.05) is 10.0 Å². The average Bonchev–Trinajstić information content (AvgIpc) is 3.21. The second-order valence-electron chi connectivity index (χ2n) is 9.35. The third kappa shape index (κ3) is 5.60. The molecule has 2 N–H and O–H groups in total. The van der Waals surface area contributed by atoms with Crippen molar-refractivity contribution >= 4 is 55.0 Å². The minimum atomic E-state index is -3.87. The molecule has 1 aliphatic rings. The Bertz CT molecular complexity index is 1580. The monoisotopic (exact) mass is 552 g/mol. The quantitative estimate of drug-likeness (QED) is 0.287. The van der Waals surface area contributed by atoms with E-state index in [0.29, 0.717) is 32.6 Å². The molecule has 4 aromatic rings. The maximum atomic E-state index is 12.9. The minimum absolute atomic E-state index is 0.0267. The van der Waals surface area contributed by atoms with Gasteiger partial charge in [-0.25, -0.2) is 37.9 Å². The van der Waals surface area contributed by atoms with E-state index in [-0.39, 0.29) is 22.9 Å². The number of hydrogen-bond donors (Lipinski definition) is 2. The van der Waals surface area contributed by atoms with Gasteiger partial charge in [0.25, 0.3) is 10.0 Å². The van der Waals surface area contributed by atoms with Gasteiger partial charge in [0.2, 0.25) is 5.95 Å². The topological polar surface area (TPSA) is 136 Å². The van der Waals surface area contributed by atoms with Crippen LogP contribution in [0.2, 0.25) is 0 Å². The van der Waals surface area contributed by atoms with E-state index < -0.39 is 10.0 Å². The van der Waals surface area contributed by atoms with Crippen molar-refractivity contribution in [3.8, 4) is 0 Å². The number of esters is 1. The van der Waals surface area contributed by atoms with Gasteiger partial charge in [-0.05, 0) is 82.3 Å². The molecule has 0 radical (unpaired) electrons. The number of thiophene rings is 1. The standard InChI is InChI=1S/C26H28N6O4S2/c1-15-13-16(2)30-26(29-15)32-38(34,35)20-11-9-18(10-12-20)31-23-21-17(3)22(37-24(21)28-14-27-23)25(33)36-19-7-5-4-6-8-19/h9-14,19H,4-8H2,1-3H3,(H,27,28,31)(H,29,30,32). The second kappa shape index (κ2) is 10.6. The van der Waals surface area contributed by atoms with Crippen molar-refractivity contribution in [2.45, 2.75) is 63.9 Å². The zero-order valence-corrected chi connectivity index (χ0v) is 22.9. The number of sulfonamides is 1. The van der Waals surface area contributed by atoms with Gasteiger partial charge in [0.15, 0.2) is 0 Å². The molecule has 1 aromatic carbocycles. The molecule has 0 spiro atoms. The maximum Gasteiger partial charge on any atom is 0.348 e. The number of carbonyl (C=O) groups excluding carboxylic acids is 1. The van der Waals surface area contributed by atoms with Gasteiger partial charge in [0.05, 0.1) is 10.3 Å². The lowest BCUT2D eigenvalue weighted by atomic mass is 9.98. The largest absolute Gasteiger partial charge is 0.458 e. The van der Waals surface area contributed by atoms with Gasteiger partial charge in [-0.1, -0.05) is 6.42 Å². The van der Waals surface area contributed by atoms with Crippen molar-refractivity contribution in [1.82, 2.24) is 19.9 Å². The highest BCUT2D eigenvalue weighted by atomic mass is 32.2. The first-order chi connectivity index (χ1) is 18.2. The fourth-order valence-electron chi connectivity index (χ4n) is 4.55. The Morgan fingerprint density at radius 2 is 1.68 bits per heavy atom. The highest BCUT2D eigenvalue weighted by molar-refractivity contribution is 7.92. The Kier molecular flexibility index (Phi) is 7.26. The van der Waals surface area contributed by atoms with Gasteiger partial charge >= 0.3 is 5.97 Å². The Labute approximate surface area is 225 Å². The van der Waals surface area contributed by atoms with Crippen LogP contribution >= 0.6 is 11.3 Å². The molecule has 198 valence electrons. The van der Waals surface area contributed by atoms with Crippen LogP contribution in [0.4, 0.5) is 17.5 Å². The van der Waals surface area contributed by atoms with E-state index in [9.17, 15) is 13.2 Å². The van der Waals surface area contributed by atoms with Crippen LogP contribution < -0.4 is 10.0 Å². The predicted molar refractivity (Wildman–Crippen MR) is 146 cm³/mol. The number of aromatic nitrogens is 4. The van der Waals surface area contributed by atoms with E-state index in [0.717, 1.165) is 36.6 Å². The summed E-state index contributed by atoms with van der Waals surface area (Å²) >= 11 is 1.29. The zero-order valence-electron chi connectivity index (χ0n) is 21.3. The van der Waals surface area contributed by atoms with Gasteiger partial charge in [-0.3, -0.25) is 0 Å². The number of ether oxygens (including phenoxy) is 1. The molecule has 0 unspecified atom stereocenters. The molecule has 0 bridgehead atoms. The molecule has 3 aromatic heterocycles. The summed E-state index contributed by atoms with van der Waals surface area (Å²) in [5.74, 6) is 0.231. The van der Waals surface area contributed by atoms with E-state index in [1.54, 1.807) is 32.0 Å². The number of benzene rings is 1. The van der Waals surface area contributed by atoms with Crippen molar-refractivity contribution in [2.24, 2.45) is 0 Å². The fourth-order valence-corrected chi connectivity index (χ4v) is 6.53. The van der Waals surface area contributed by atoms with Gasteiger partial charge in [-0.15, -0.1) is 11.3 Å². The third-order valence-electron chi connectivity index (χ3n) is 6.37. The van der Waals surface area contributed by atoms with E-state index in [4.69, 9.17) is 4.74 Å². The van der Waals surface area contributed by atoms with E-state index in [1.807, 2.05) is 6.92 Å². The number of hydrogen-bond acceptors (Lipinski definition) is 10. The molecule has 38 heavy (non-hydrogen) atoms. The van der Waals surface area contributed by atoms with Crippen LogP contribution in [0.5, 0.6) is 0 Å². The number of nitrogens with one attached hydrogen (secondary N) is 2. The molecule has 3 heterocycles. The summed E-state index contributed by atoms with van der Waals surface area (Å²) in [6, 6.07) is 8.02. The lowest BCUT2D eigenvalue weighted by Gasteiger charge is -2.21. The molecule has 10 nitrogen and oxygen atoms in total. The molecule has 0 aliphatic heterocycles. The first-order valence-corrected chi connectivity index (χ1v) is 14.7. The van der Waals surface area contributed by atoms with Crippen LogP contribution in [0.15, 0.2) is 41.6 Å². The second-order valence-corrected chi connectivity index (χ2v) is 12.0. The molecule has 0 atom stereocenters. The van der Waals surface area contributed by atoms with Crippen LogP contribution in [-0.2, 0) is 14.8 Å². The number of fused-ring (bicyclic) bond motifs is 1. The highest BCUT2D eigenvalue weighted by Gasteiger charge is 2.24. The number of aryl methyl sites for hydroxylation is 3. The number of carbonyl (C=O) groups is 1. The van der Waals surface area contributed by atoms with Crippen LogP contribution in [0.1, 0.15) is 58.7 Å². The maximum absolute atomic E-state index is 12.9. The molecular weight excluding hydrogens is 524 g/mol. The first kappa shape index (κ1) is 26.0. The summed E-state index contributed by atoms with van der Waals surface area (Å²) in [7, 11) is -3.87. The van der Waals surface area contributed by atoms with E-state index in [2.05, 4.69) is 30.0 Å². The summed E-state index contributed by atoms with van der Waals surface area (Å²) in [6.45, 7) is 5.41. The van der Waals surface area contributed by atoms with Crippen LogP contribution in [0.25, 0.3) is 10.2 Å². The summed E-state index contributed by atoms with van der Waals surface area (Å²) in [5, 5.41) is 3.96. The smallest absolute Gasteiger partial charge is 0.348 e. The van der Waals surface area contributed by atoms with Gasteiger partial charge in [0.1, 0.15) is 28.0 Å². The normalized spacial score (nSPS) is 14.4. The Morgan fingerprint density at radius 1 is 1.00 bits per heavy atom. The number of anilines is 3. The van der Waals surface area contributed by atoms with Crippen LogP contribution in [-0.4, -0.2) is 40.4 Å². The summed E-state index contributed by atoms with van der Waals surface area (Å²) in [4.78, 5) is 31.2. The fraction of sp³-hybridized carbons (Fsp3) is 0.346. The summed E-state index contributed by atoms with van der Waals surface area (Å²) in [5.41, 5.74) is 2.72. The third-order valence-corrected chi connectivity index (χ3v) is 8.90. The molecule has 12 heteroatoms. The van der Waals surface area contributed by atoms with Crippen molar-refractivity contribution in [3.63, 3.8) is 0 Å². The van der Waals surface area contributed by atoms with Crippen molar-refractivity contribution in [1.29, 1.82) is 0 Å². The highest BCUT2D eigenvalue weighted by Crippen LogP contribution is 2.35. The molecule has 1 saturated carbocycles. The first-order valence-electron chi connectivity index (χ1n) is 12.4. The molecule has 5 rings (SSSR count). The van der Waals surface area contributed by atoms with Gasteiger partial charge in [-0.2, -0.15) is 0 Å². The molecular formula is C26H28N6O4S2. The van der Waals surface area contributed by atoms with E-state index in [1.165, 1.54) is 36.2 Å². The molecule has 1 aliphatic carbocycles. The Balaban J connectivity index is 1.35. The number of nitrogens with zero attached hydrogens (tertiary/aromatic N) is 4. The Morgan fingerprint density at radius 3 is 2.37 bits per heavy atom. The molecule has 0 amide bonds. The SMILES string of the molecule is Cc1cc(C)nc(NS(=O)(=O)c2ccc(Nc3ncnc4sc(C(=O)OC5CCCCC5)c(C)c34)cc2)n1. The zero-order chi connectivity index (χ0) is 26.9. The van der Waals surface area contributed by atoms with Gasteiger partial charge < -0.3 is 10.1 Å². The predicted octanol–water partition coefficient (Wildman–Crippen LogP) is 5.44. The van der Waals surface area contributed by atoms with E-state index >= 15 is 0 Å². The molecule has 1 fully saturated rings. The van der Waals surface area contributed by atoms with Crippen LogP contribution in [0.3, 0.4) is 0 Å². The lowest BCUT2D eigenvalue weighted by Crippen LogP contribution is -2.20. The van der Waals surface area contributed by atoms with Crippen molar-refractivity contribution in [3.05, 3.63) is 58.5 Å². The Hall–Kier alpha value is -3.64.